The van der Waals surface area contributed by atoms with E-state index in [-0.39, 0.29) is 11.6 Å². The van der Waals surface area contributed by atoms with E-state index in [2.05, 4.69) is 18.7 Å². The number of carbonyl (C=O) groups is 1. The molecule has 0 saturated carbocycles. The number of benzene rings is 2. The molecule has 0 aliphatic carbocycles. The van der Waals surface area contributed by atoms with Crippen molar-refractivity contribution in [1.82, 2.24) is 4.90 Å². The average Bonchev–Trinajstić information content (AvgIpc) is 2.77. The summed E-state index contributed by atoms with van der Waals surface area (Å²) >= 11 is 0. The Hall–Kier alpha value is -3.29. The molecule has 0 atom stereocenters. The highest BCUT2D eigenvalue weighted by molar-refractivity contribution is 5.95. The van der Waals surface area contributed by atoms with Crippen molar-refractivity contribution in [3.05, 3.63) is 58.1 Å². The molecule has 0 aromatic heterocycles. The van der Waals surface area contributed by atoms with Crippen LogP contribution in [0.5, 0.6) is 11.5 Å². The number of methoxy groups -OCH3 is 1. The lowest BCUT2D eigenvalue weighted by atomic mass is 10.1. The fraction of sp³-hybridized carbons (Fsp3) is 0.409. The Morgan fingerprint density at radius 2 is 1.73 bits per heavy atom. The predicted octanol–water partition coefficient (Wildman–Crippen LogP) is 3.60. The van der Waals surface area contributed by atoms with Crippen molar-refractivity contribution in [2.24, 2.45) is 5.92 Å². The van der Waals surface area contributed by atoms with E-state index in [1.165, 1.54) is 12.1 Å². The van der Waals surface area contributed by atoms with E-state index in [9.17, 15) is 14.9 Å². The largest absolute Gasteiger partial charge is 0.493 e. The Bertz CT molecular complexity index is 890. The molecule has 0 unspecified atom stereocenters. The second kappa shape index (κ2) is 9.47. The molecule has 0 spiro atoms. The normalized spacial score (nSPS) is 14.0. The van der Waals surface area contributed by atoms with Crippen LogP contribution < -0.4 is 14.4 Å². The number of nitro groups is 1. The van der Waals surface area contributed by atoms with Gasteiger partial charge in [0.25, 0.3) is 11.6 Å². The molecule has 1 aliphatic rings. The molecule has 2 aromatic carbocycles. The maximum atomic E-state index is 12.9. The highest BCUT2D eigenvalue weighted by Gasteiger charge is 2.23. The summed E-state index contributed by atoms with van der Waals surface area (Å²) in [5.41, 5.74) is 1.55. The first-order valence-corrected chi connectivity index (χ1v) is 9.98. The molecule has 1 aliphatic heterocycles. The Labute approximate surface area is 176 Å². The molecule has 0 N–H and O–H groups in total. The molecule has 1 fully saturated rings. The molecule has 8 heteroatoms. The first-order chi connectivity index (χ1) is 14.4. The van der Waals surface area contributed by atoms with Crippen LogP contribution in [0.25, 0.3) is 0 Å². The lowest BCUT2D eigenvalue weighted by Gasteiger charge is -2.36. The van der Waals surface area contributed by atoms with Gasteiger partial charge in [0.2, 0.25) is 0 Å². The monoisotopic (exact) mass is 413 g/mol. The van der Waals surface area contributed by atoms with Crippen molar-refractivity contribution >= 4 is 17.3 Å². The van der Waals surface area contributed by atoms with Crippen LogP contribution in [0.1, 0.15) is 24.2 Å². The minimum atomic E-state index is -0.409. The molecular formula is C22H27N3O5. The zero-order valence-electron chi connectivity index (χ0n) is 17.5. The second-order valence-electron chi connectivity index (χ2n) is 7.62. The van der Waals surface area contributed by atoms with E-state index < -0.39 is 4.92 Å². The van der Waals surface area contributed by atoms with Crippen molar-refractivity contribution in [1.29, 1.82) is 0 Å². The number of hydrogen-bond donors (Lipinski definition) is 0. The lowest BCUT2D eigenvalue weighted by molar-refractivity contribution is -0.384. The number of rotatable bonds is 7. The Kier molecular flexibility index (Phi) is 6.76. The number of hydrogen-bond acceptors (Lipinski definition) is 6. The third kappa shape index (κ3) is 5.00. The van der Waals surface area contributed by atoms with Gasteiger partial charge in [0.05, 0.1) is 18.6 Å². The molecular weight excluding hydrogens is 386 g/mol. The van der Waals surface area contributed by atoms with Gasteiger partial charge in [-0.15, -0.1) is 0 Å². The third-order valence-electron chi connectivity index (χ3n) is 4.98. The minimum absolute atomic E-state index is 0.0490. The van der Waals surface area contributed by atoms with Crippen molar-refractivity contribution in [3.8, 4) is 11.5 Å². The molecule has 30 heavy (non-hydrogen) atoms. The zero-order chi connectivity index (χ0) is 21.7. The van der Waals surface area contributed by atoms with E-state index in [1.54, 1.807) is 37.4 Å². The highest BCUT2D eigenvalue weighted by Crippen LogP contribution is 2.29. The molecule has 3 rings (SSSR count). The lowest BCUT2D eigenvalue weighted by Crippen LogP contribution is -2.48. The van der Waals surface area contributed by atoms with Crippen LogP contribution in [0.2, 0.25) is 0 Å². The molecule has 8 nitrogen and oxygen atoms in total. The van der Waals surface area contributed by atoms with Crippen LogP contribution in [-0.2, 0) is 0 Å². The van der Waals surface area contributed by atoms with Crippen LogP contribution >= 0.6 is 0 Å². The van der Waals surface area contributed by atoms with Crippen LogP contribution in [0, 0.1) is 16.0 Å². The number of amides is 1. The fourth-order valence-corrected chi connectivity index (χ4v) is 3.31. The van der Waals surface area contributed by atoms with Crippen LogP contribution in [0.15, 0.2) is 42.5 Å². The van der Waals surface area contributed by atoms with E-state index in [1.807, 2.05) is 4.90 Å². The second-order valence-corrected chi connectivity index (χ2v) is 7.62. The maximum Gasteiger partial charge on any atom is 0.269 e. The first-order valence-electron chi connectivity index (χ1n) is 9.98. The van der Waals surface area contributed by atoms with Gasteiger partial charge in [0.1, 0.15) is 0 Å². The van der Waals surface area contributed by atoms with Crippen LogP contribution in [-0.4, -0.2) is 55.6 Å². The van der Waals surface area contributed by atoms with Gasteiger partial charge in [0, 0.05) is 49.6 Å². The molecule has 1 heterocycles. The van der Waals surface area contributed by atoms with Gasteiger partial charge >= 0.3 is 0 Å². The molecule has 2 aromatic rings. The third-order valence-corrected chi connectivity index (χ3v) is 4.98. The topological polar surface area (TPSA) is 85.2 Å². The van der Waals surface area contributed by atoms with E-state index >= 15 is 0 Å². The smallest absolute Gasteiger partial charge is 0.269 e. The van der Waals surface area contributed by atoms with Gasteiger partial charge in [-0.05, 0) is 36.2 Å². The molecule has 0 bridgehead atoms. The summed E-state index contributed by atoms with van der Waals surface area (Å²) in [6.45, 7) is 7.19. The first kappa shape index (κ1) is 21.4. The maximum absolute atomic E-state index is 12.9. The SMILES string of the molecule is COc1cc(C(=O)N2CCN(c3ccc([N+](=O)[O-])cc3)CC2)ccc1OCC(C)C. The minimum Gasteiger partial charge on any atom is -0.493 e. The number of piperazine rings is 1. The Morgan fingerprint density at radius 3 is 2.30 bits per heavy atom. The quantitative estimate of drug-likeness (QED) is 0.509. The van der Waals surface area contributed by atoms with Crippen molar-refractivity contribution < 1.29 is 19.2 Å². The van der Waals surface area contributed by atoms with Crippen molar-refractivity contribution in [3.63, 3.8) is 0 Å². The van der Waals surface area contributed by atoms with Gasteiger partial charge in [-0.2, -0.15) is 0 Å². The predicted molar refractivity (Wildman–Crippen MR) is 115 cm³/mol. The van der Waals surface area contributed by atoms with Gasteiger partial charge in [-0.1, -0.05) is 13.8 Å². The van der Waals surface area contributed by atoms with Gasteiger partial charge in [-0.25, -0.2) is 0 Å². The highest BCUT2D eigenvalue weighted by atomic mass is 16.6. The zero-order valence-corrected chi connectivity index (χ0v) is 17.5. The average molecular weight is 413 g/mol. The van der Waals surface area contributed by atoms with Crippen LogP contribution in [0.4, 0.5) is 11.4 Å². The summed E-state index contributed by atoms with van der Waals surface area (Å²) in [5, 5.41) is 10.8. The Morgan fingerprint density at radius 1 is 1.07 bits per heavy atom. The van der Waals surface area contributed by atoms with E-state index in [0.717, 1.165) is 5.69 Å². The van der Waals surface area contributed by atoms with E-state index in [4.69, 9.17) is 9.47 Å². The number of ether oxygens (including phenoxy) is 2. The number of nitrogens with zero attached hydrogens (tertiary/aromatic N) is 3. The molecule has 1 amide bonds. The number of anilines is 1. The number of carbonyl (C=O) groups excluding carboxylic acids is 1. The summed E-state index contributed by atoms with van der Waals surface area (Å²) in [4.78, 5) is 27.3. The summed E-state index contributed by atoms with van der Waals surface area (Å²) in [7, 11) is 1.56. The van der Waals surface area contributed by atoms with Gasteiger partial charge in [-0.3, -0.25) is 14.9 Å². The summed E-state index contributed by atoms with van der Waals surface area (Å²) in [6, 6.07) is 11.8. The summed E-state index contributed by atoms with van der Waals surface area (Å²) in [5.74, 6) is 1.52. The van der Waals surface area contributed by atoms with Crippen molar-refractivity contribution in [2.45, 2.75) is 13.8 Å². The molecule has 160 valence electrons. The van der Waals surface area contributed by atoms with Crippen LogP contribution in [0.3, 0.4) is 0 Å². The van der Waals surface area contributed by atoms with Crippen molar-refractivity contribution in [2.75, 3.05) is 44.8 Å². The van der Waals surface area contributed by atoms with Gasteiger partial charge < -0.3 is 19.3 Å². The summed E-state index contributed by atoms with van der Waals surface area (Å²) < 4.78 is 11.2. The van der Waals surface area contributed by atoms with E-state index in [0.29, 0.717) is 55.8 Å². The molecule has 0 radical (unpaired) electrons. The summed E-state index contributed by atoms with van der Waals surface area (Å²) in [6.07, 6.45) is 0. The molecule has 1 saturated heterocycles. The standard InChI is InChI=1S/C22H27N3O5/c1-16(2)15-30-20-9-4-17(14-21(20)29-3)22(26)24-12-10-23(11-13-24)18-5-7-19(8-6-18)25(27)28/h4-9,14,16H,10-13,15H2,1-3H3. The Balaban J connectivity index is 1.62. The van der Waals surface area contributed by atoms with Gasteiger partial charge in [0.15, 0.2) is 11.5 Å². The fourth-order valence-electron chi connectivity index (χ4n) is 3.31. The number of non-ortho nitro benzene ring substituents is 1. The number of nitro benzene ring substituents is 1.